The van der Waals surface area contributed by atoms with E-state index in [1.165, 1.54) is 21.1 Å². The lowest BCUT2D eigenvalue weighted by molar-refractivity contribution is -0.141. The number of likely N-dealkylation sites (tertiary alicyclic amines) is 1. The van der Waals surface area contributed by atoms with Crippen molar-refractivity contribution in [3.63, 3.8) is 0 Å². The average molecular weight is 751 g/mol. The first-order valence-electron chi connectivity index (χ1n) is 17.4. The van der Waals surface area contributed by atoms with Gasteiger partial charge < -0.3 is 5.11 Å². The molecule has 3 aromatic heterocycles. The van der Waals surface area contributed by atoms with Crippen LogP contribution in [0.3, 0.4) is 0 Å². The van der Waals surface area contributed by atoms with Crippen molar-refractivity contribution in [3.8, 4) is 16.3 Å². The van der Waals surface area contributed by atoms with Crippen LogP contribution in [0.1, 0.15) is 47.3 Å². The number of anilines is 1. The Labute approximate surface area is 313 Å². The van der Waals surface area contributed by atoms with Crippen molar-refractivity contribution in [2.24, 2.45) is 36.1 Å². The minimum absolute atomic E-state index is 0.0613. The molecule has 264 valence electrons. The summed E-state index contributed by atoms with van der Waals surface area (Å²) < 4.78 is 2.63. The number of para-hydroxylation sites is 1. The summed E-state index contributed by atoms with van der Waals surface area (Å²) in [5.41, 5.74) is 2.40. The van der Waals surface area contributed by atoms with Gasteiger partial charge in [-0.25, -0.2) is 4.90 Å². The molecule has 12 heteroatoms. The summed E-state index contributed by atoms with van der Waals surface area (Å²) in [4.78, 5) is 62.4. The van der Waals surface area contributed by atoms with Gasteiger partial charge in [-0.3, -0.25) is 28.8 Å². The van der Waals surface area contributed by atoms with Gasteiger partial charge in [0.05, 0.1) is 34.6 Å². The highest BCUT2D eigenvalue weighted by Crippen LogP contribution is 2.64. The van der Waals surface area contributed by atoms with Gasteiger partial charge in [0, 0.05) is 39.2 Å². The number of allylic oxidation sites excluding steroid dienone is 2. The Kier molecular flexibility index (Phi) is 7.49. The van der Waals surface area contributed by atoms with Crippen molar-refractivity contribution in [1.29, 1.82) is 0 Å². The number of carbonyl (C=O) groups is 4. The molecule has 2 aliphatic heterocycles. The second-order valence-electron chi connectivity index (χ2n) is 14.7. The topological polar surface area (TPSA) is 113 Å². The number of amides is 4. The third kappa shape index (κ3) is 4.55. The van der Waals surface area contributed by atoms with Crippen LogP contribution in [-0.2, 0) is 32.8 Å². The highest BCUT2D eigenvalue weighted by Gasteiger charge is 2.68. The Hall–Kier alpha value is -4.58. The Morgan fingerprint density at radius 2 is 1.81 bits per heavy atom. The zero-order valence-electron chi connectivity index (χ0n) is 28.9. The molecule has 2 saturated heterocycles. The van der Waals surface area contributed by atoms with Crippen LogP contribution >= 0.6 is 34.3 Å². The molecule has 9 rings (SSSR count). The maximum absolute atomic E-state index is 15.1. The van der Waals surface area contributed by atoms with E-state index in [1.54, 1.807) is 42.1 Å². The summed E-state index contributed by atoms with van der Waals surface area (Å²) in [7, 11) is 1.73. The second kappa shape index (κ2) is 11.7. The van der Waals surface area contributed by atoms with Crippen molar-refractivity contribution in [1.82, 2.24) is 14.7 Å². The van der Waals surface area contributed by atoms with Crippen LogP contribution in [0, 0.1) is 42.9 Å². The first kappa shape index (κ1) is 33.3. The average Bonchev–Trinajstić information content (AvgIpc) is 3.92. The Bertz CT molecular complexity index is 2410. The first-order valence-corrected chi connectivity index (χ1v) is 19.4. The van der Waals surface area contributed by atoms with Gasteiger partial charge in [0.1, 0.15) is 17.3 Å². The summed E-state index contributed by atoms with van der Waals surface area (Å²) in [6, 6.07) is 16.8. The fraction of sp³-hybridized carbons (Fsp3) is 0.325. The molecule has 2 aromatic carbocycles. The molecular weight excluding hydrogens is 716 g/mol. The van der Waals surface area contributed by atoms with E-state index >= 15 is 4.79 Å². The quantitative estimate of drug-likeness (QED) is 0.145. The first-order chi connectivity index (χ1) is 24.9. The number of rotatable bonds is 5. The maximum Gasteiger partial charge on any atom is 0.242 e. The van der Waals surface area contributed by atoms with Gasteiger partial charge in [0.2, 0.25) is 23.6 Å². The summed E-state index contributed by atoms with van der Waals surface area (Å²) in [5, 5.41) is 20.0. The number of phenols is 1. The minimum atomic E-state index is -1.28. The number of aromatic nitrogens is 2. The molecule has 3 fully saturated rings. The highest BCUT2D eigenvalue weighted by atomic mass is 35.5. The summed E-state index contributed by atoms with van der Waals surface area (Å²) in [6.45, 7) is 5.86. The normalized spacial score (nSPS) is 27.0. The molecule has 0 radical (unpaired) electrons. The molecule has 4 amide bonds. The van der Waals surface area contributed by atoms with E-state index in [0.717, 1.165) is 31.0 Å². The molecule has 4 aliphatic rings. The van der Waals surface area contributed by atoms with Gasteiger partial charge in [-0.2, -0.15) is 5.10 Å². The smallest absolute Gasteiger partial charge is 0.242 e. The van der Waals surface area contributed by atoms with Gasteiger partial charge >= 0.3 is 0 Å². The lowest BCUT2D eigenvalue weighted by Crippen LogP contribution is -2.49. The second-order valence-corrected chi connectivity index (χ2v) is 17.2. The number of carbonyl (C=O) groups excluding carboxylic acids is 4. The number of phenolic OH excluding ortho intramolecular Hbond substituents is 1. The zero-order chi connectivity index (χ0) is 36.4. The molecule has 1 N–H and O–H groups in total. The van der Waals surface area contributed by atoms with Crippen LogP contribution in [0.15, 0.2) is 71.6 Å². The standard InChI is InChI=1S/C40H35ClN4O5S2/c1-19-7-5-9-25(34(19)46)33-23-11-12-24-32(38(49)44(36(24)47)18-22-8-6-14-51-22)27(23)16-28-37(48)45(39(50)40(28,33)3)31-17-29(42-43(31)4)35-20(2)26-15-21(41)10-13-30(26)52-35/h5-11,13-15,17,24,27-28,32-33,46H,12,16,18H2,1-4H3. The number of thiophene rings is 2. The fourth-order valence-electron chi connectivity index (χ4n) is 9.49. The third-order valence-electron chi connectivity index (χ3n) is 12.1. The number of fused-ring (bicyclic) bond motifs is 5. The lowest BCUT2D eigenvalue weighted by atomic mass is 9.51. The van der Waals surface area contributed by atoms with E-state index < -0.39 is 35.0 Å². The van der Waals surface area contributed by atoms with E-state index in [-0.39, 0.29) is 42.3 Å². The lowest BCUT2D eigenvalue weighted by Gasteiger charge is -2.49. The molecule has 52 heavy (non-hydrogen) atoms. The summed E-state index contributed by atoms with van der Waals surface area (Å²) in [6.07, 6.45) is 2.60. The van der Waals surface area contributed by atoms with Crippen LogP contribution in [0.5, 0.6) is 5.75 Å². The van der Waals surface area contributed by atoms with Crippen LogP contribution in [0.25, 0.3) is 20.7 Å². The Morgan fingerprint density at radius 3 is 2.58 bits per heavy atom. The maximum atomic E-state index is 15.1. The van der Waals surface area contributed by atoms with Gasteiger partial charge in [-0.1, -0.05) is 47.5 Å². The molecule has 0 spiro atoms. The molecule has 6 atom stereocenters. The van der Waals surface area contributed by atoms with Crippen LogP contribution in [0.4, 0.5) is 5.82 Å². The molecule has 0 bridgehead atoms. The van der Waals surface area contributed by atoms with E-state index in [9.17, 15) is 19.5 Å². The Balaban J connectivity index is 1.15. The van der Waals surface area contributed by atoms with Gasteiger partial charge in [-0.05, 0) is 85.7 Å². The SMILES string of the molecule is Cc1cccc(C2C3=CCC4C(=O)N(Cc5cccs5)C(=O)C4C3CC3C(=O)N(c4cc(-c5sc6ccc(Cl)cc6c5C)nn4C)C(=O)C32C)c1O. The number of nitrogens with zero attached hydrogens (tertiary/aromatic N) is 4. The number of aryl methyl sites for hydroxylation is 3. The van der Waals surface area contributed by atoms with Crippen molar-refractivity contribution in [2.45, 2.75) is 46.1 Å². The largest absolute Gasteiger partial charge is 0.507 e. The molecule has 5 heterocycles. The van der Waals surface area contributed by atoms with Crippen LogP contribution in [0.2, 0.25) is 5.02 Å². The molecule has 5 aromatic rings. The highest BCUT2D eigenvalue weighted by molar-refractivity contribution is 7.22. The Morgan fingerprint density at radius 1 is 1.00 bits per heavy atom. The monoisotopic (exact) mass is 750 g/mol. The predicted molar refractivity (Wildman–Crippen MR) is 201 cm³/mol. The summed E-state index contributed by atoms with van der Waals surface area (Å²) >= 11 is 9.39. The molecule has 1 saturated carbocycles. The van der Waals surface area contributed by atoms with Crippen molar-refractivity contribution in [3.05, 3.63) is 98.2 Å². The van der Waals surface area contributed by atoms with E-state index in [0.29, 0.717) is 34.1 Å². The van der Waals surface area contributed by atoms with Crippen molar-refractivity contribution in [2.75, 3.05) is 4.90 Å². The van der Waals surface area contributed by atoms with Crippen molar-refractivity contribution >= 4 is 73.8 Å². The number of halogens is 1. The van der Waals surface area contributed by atoms with Crippen LogP contribution in [-0.4, -0.2) is 43.4 Å². The van der Waals surface area contributed by atoms with Crippen molar-refractivity contribution < 1.29 is 24.3 Å². The molecule has 6 unspecified atom stereocenters. The number of imide groups is 2. The summed E-state index contributed by atoms with van der Waals surface area (Å²) in [5.74, 6) is -3.93. The fourth-order valence-corrected chi connectivity index (χ4v) is 11.5. The third-order valence-corrected chi connectivity index (χ3v) is 14.4. The van der Waals surface area contributed by atoms with E-state index in [2.05, 4.69) is 0 Å². The molecule has 9 nitrogen and oxygen atoms in total. The number of aromatic hydroxyl groups is 1. The van der Waals surface area contributed by atoms with Crippen LogP contribution < -0.4 is 4.90 Å². The number of benzene rings is 2. The zero-order valence-corrected chi connectivity index (χ0v) is 31.3. The van der Waals surface area contributed by atoms with Gasteiger partial charge in [-0.15, -0.1) is 22.7 Å². The predicted octanol–water partition coefficient (Wildman–Crippen LogP) is 7.77. The number of hydrogen-bond acceptors (Lipinski definition) is 8. The number of hydrogen-bond donors (Lipinski definition) is 1. The van der Waals surface area contributed by atoms with Gasteiger partial charge in [0.15, 0.2) is 0 Å². The molecular formula is C40H35ClN4O5S2. The van der Waals surface area contributed by atoms with Gasteiger partial charge in [0.25, 0.3) is 0 Å². The minimum Gasteiger partial charge on any atom is -0.507 e. The van der Waals surface area contributed by atoms with E-state index in [1.807, 2.05) is 67.8 Å². The van der Waals surface area contributed by atoms with E-state index in [4.69, 9.17) is 16.7 Å². The molecule has 2 aliphatic carbocycles.